The molecule has 0 spiro atoms. The predicted molar refractivity (Wildman–Crippen MR) is 173 cm³/mol. The van der Waals surface area contributed by atoms with Crippen molar-refractivity contribution in [2.24, 2.45) is 11.8 Å². The van der Waals surface area contributed by atoms with Crippen molar-refractivity contribution in [2.45, 2.75) is 212 Å². The van der Waals surface area contributed by atoms with Gasteiger partial charge >= 0.3 is 0 Å². The molecule has 0 aliphatic heterocycles. The summed E-state index contributed by atoms with van der Waals surface area (Å²) in [5, 5.41) is 23.9. The second-order valence-electron chi connectivity index (χ2n) is 13.2. The van der Waals surface area contributed by atoms with Crippen molar-refractivity contribution in [1.29, 1.82) is 0 Å². The lowest BCUT2D eigenvalue weighted by Crippen LogP contribution is -2.47. The minimum atomic E-state index is -0.952. The fraction of sp³-hybridized carbons (Fsp3) is 0.972. The zero-order chi connectivity index (χ0) is 29.3. The third-order valence-corrected chi connectivity index (χ3v) is 9.44. The van der Waals surface area contributed by atoms with Crippen LogP contribution in [0.3, 0.4) is 0 Å². The quantitative estimate of drug-likeness (QED) is 0.0759. The van der Waals surface area contributed by atoms with E-state index in [4.69, 9.17) is 0 Å². The van der Waals surface area contributed by atoms with Gasteiger partial charge in [0.05, 0.1) is 12.1 Å². The third kappa shape index (κ3) is 20.3. The van der Waals surface area contributed by atoms with Crippen molar-refractivity contribution in [2.75, 3.05) is 0 Å². The van der Waals surface area contributed by atoms with Gasteiger partial charge in [-0.3, -0.25) is 4.79 Å². The second kappa shape index (κ2) is 26.1. The van der Waals surface area contributed by atoms with Gasteiger partial charge in [-0.2, -0.15) is 0 Å². The molecule has 0 saturated heterocycles. The summed E-state index contributed by atoms with van der Waals surface area (Å²) >= 11 is 0. The number of amides is 1. The highest BCUT2D eigenvalue weighted by Crippen LogP contribution is 2.45. The molecular weight excluding hydrogens is 494 g/mol. The lowest BCUT2D eigenvalue weighted by molar-refractivity contribution is -0.131. The van der Waals surface area contributed by atoms with E-state index in [9.17, 15) is 15.0 Å². The first-order valence-electron chi connectivity index (χ1n) is 18.2. The number of aliphatic hydroxyl groups is 2. The first-order chi connectivity index (χ1) is 19.5. The number of unbranched alkanes of at least 4 members (excludes halogenated alkanes) is 18. The topological polar surface area (TPSA) is 69.6 Å². The van der Waals surface area contributed by atoms with Crippen LogP contribution in [-0.4, -0.2) is 34.4 Å². The Morgan fingerprint density at radius 1 is 0.600 bits per heavy atom. The standard InChI is InChI=1S/C36H71NO3/c1-4-7-9-11-12-13-14-17-21-25-29-35(39)36(40)37-33(6-3)34(38)28-24-20-18-15-16-19-23-27-32-30-31(32)26-22-10-8-5-2/h31-35,38-39H,4-30H2,1-3H3,(H,37,40). The Bertz CT molecular complexity index is 568. The second-order valence-corrected chi connectivity index (χ2v) is 13.2. The fourth-order valence-corrected chi connectivity index (χ4v) is 6.40. The summed E-state index contributed by atoms with van der Waals surface area (Å²) in [7, 11) is 0. The van der Waals surface area contributed by atoms with E-state index in [0.717, 1.165) is 43.9 Å². The molecule has 1 aliphatic rings. The summed E-state index contributed by atoms with van der Waals surface area (Å²) < 4.78 is 0. The molecule has 1 fully saturated rings. The van der Waals surface area contributed by atoms with Gasteiger partial charge in [0.15, 0.2) is 0 Å². The predicted octanol–water partition coefficient (Wildman–Crippen LogP) is 10.0. The number of rotatable bonds is 30. The maximum atomic E-state index is 12.5. The Morgan fingerprint density at radius 3 is 1.48 bits per heavy atom. The maximum absolute atomic E-state index is 12.5. The van der Waals surface area contributed by atoms with Gasteiger partial charge in [-0.05, 0) is 37.5 Å². The molecule has 1 saturated carbocycles. The molecule has 3 N–H and O–H groups in total. The summed E-state index contributed by atoms with van der Waals surface area (Å²) in [5.74, 6) is 1.81. The van der Waals surface area contributed by atoms with Crippen LogP contribution in [0, 0.1) is 11.8 Å². The van der Waals surface area contributed by atoms with Gasteiger partial charge in [0, 0.05) is 0 Å². The lowest BCUT2D eigenvalue weighted by Gasteiger charge is -2.24. The summed E-state index contributed by atoms with van der Waals surface area (Å²) in [6.07, 6.45) is 31.9. The number of nitrogens with one attached hydrogen (secondary N) is 1. The summed E-state index contributed by atoms with van der Waals surface area (Å²) in [4.78, 5) is 12.5. The van der Waals surface area contributed by atoms with Crippen molar-refractivity contribution >= 4 is 5.91 Å². The molecule has 1 amide bonds. The first kappa shape index (κ1) is 37.4. The minimum absolute atomic E-state index is 0.257. The van der Waals surface area contributed by atoms with Crippen LogP contribution < -0.4 is 5.32 Å². The molecule has 238 valence electrons. The van der Waals surface area contributed by atoms with E-state index in [1.807, 2.05) is 6.92 Å². The molecular formula is C36H71NO3. The highest BCUT2D eigenvalue weighted by Gasteiger charge is 2.35. The molecule has 0 aromatic heterocycles. The SMILES string of the molecule is CCCCCCCCCCCCC(O)C(=O)NC(CC)C(O)CCCCCCCCCC1CC1CCCCCC. The number of aliphatic hydroxyl groups excluding tert-OH is 2. The third-order valence-electron chi connectivity index (χ3n) is 9.44. The van der Waals surface area contributed by atoms with Crippen LogP contribution in [0.15, 0.2) is 0 Å². The molecule has 1 rings (SSSR count). The van der Waals surface area contributed by atoms with E-state index < -0.39 is 12.2 Å². The number of hydrogen-bond donors (Lipinski definition) is 3. The molecule has 4 nitrogen and oxygen atoms in total. The van der Waals surface area contributed by atoms with Gasteiger partial charge in [0.2, 0.25) is 5.91 Å². The van der Waals surface area contributed by atoms with Gasteiger partial charge < -0.3 is 15.5 Å². The molecule has 5 unspecified atom stereocenters. The largest absolute Gasteiger partial charge is 0.391 e. The first-order valence-corrected chi connectivity index (χ1v) is 18.2. The fourth-order valence-electron chi connectivity index (χ4n) is 6.40. The van der Waals surface area contributed by atoms with Crippen LogP contribution >= 0.6 is 0 Å². The van der Waals surface area contributed by atoms with Crippen LogP contribution in [0.5, 0.6) is 0 Å². The molecule has 40 heavy (non-hydrogen) atoms. The van der Waals surface area contributed by atoms with Gasteiger partial charge in [-0.15, -0.1) is 0 Å². The highest BCUT2D eigenvalue weighted by molar-refractivity contribution is 5.80. The van der Waals surface area contributed by atoms with Crippen LogP contribution in [-0.2, 0) is 4.79 Å². The van der Waals surface area contributed by atoms with E-state index >= 15 is 0 Å². The molecule has 0 heterocycles. The Hall–Kier alpha value is -0.610. The average Bonchev–Trinajstić information content (AvgIpc) is 3.71. The molecule has 0 aromatic carbocycles. The van der Waals surface area contributed by atoms with Gasteiger partial charge in [0.25, 0.3) is 0 Å². The van der Waals surface area contributed by atoms with Crippen molar-refractivity contribution in [1.82, 2.24) is 5.32 Å². The molecule has 0 aromatic rings. The smallest absolute Gasteiger partial charge is 0.249 e. The molecule has 5 atom stereocenters. The van der Waals surface area contributed by atoms with Crippen LogP contribution in [0.1, 0.15) is 194 Å². The van der Waals surface area contributed by atoms with E-state index in [1.165, 1.54) is 128 Å². The average molecular weight is 566 g/mol. The van der Waals surface area contributed by atoms with E-state index in [-0.39, 0.29) is 11.9 Å². The van der Waals surface area contributed by atoms with Crippen molar-refractivity contribution < 1.29 is 15.0 Å². The number of hydrogen-bond acceptors (Lipinski definition) is 3. The van der Waals surface area contributed by atoms with E-state index in [1.54, 1.807) is 0 Å². The van der Waals surface area contributed by atoms with Crippen LogP contribution in [0.4, 0.5) is 0 Å². The molecule has 1 aliphatic carbocycles. The van der Waals surface area contributed by atoms with Crippen LogP contribution in [0.2, 0.25) is 0 Å². The number of carbonyl (C=O) groups is 1. The Labute approximate surface area is 250 Å². The monoisotopic (exact) mass is 566 g/mol. The lowest BCUT2D eigenvalue weighted by atomic mass is 9.99. The van der Waals surface area contributed by atoms with Gasteiger partial charge in [0.1, 0.15) is 6.10 Å². The molecule has 4 heteroatoms. The summed E-state index contributed by atoms with van der Waals surface area (Å²) in [6.45, 7) is 6.54. The Balaban J connectivity index is 1.96. The zero-order valence-corrected chi connectivity index (χ0v) is 27.3. The van der Waals surface area contributed by atoms with Crippen molar-refractivity contribution in [3.63, 3.8) is 0 Å². The van der Waals surface area contributed by atoms with E-state index in [0.29, 0.717) is 12.8 Å². The Morgan fingerprint density at radius 2 is 1.00 bits per heavy atom. The van der Waals surface area contributed by atoms with Crippen molar-refractivity contribution in [3.05, 3.63) is 0 Å². The summed E-state index contributed by atoms with van der Waals surface area (Å²) in [5.41, 5.74) is 0. The maximum Gasteiger partial charge on any atom is 0.249 e. The summed E-state index contributed by atoms with van der Waals surface area (Å²) in [6, 6.07) is -0.257. The zero-order valence-electron chi connectivity index (χ0n) is 27.3. The molecule has 0 radical (unpaired) electrons. The van der Waals surface area contributed by atoms with E-state index in [2.05, 4.69) is 19.2 Å². The van der Waals surface area contributed by atoms with Crippen LogP contribution in [0.25, 0.3) is 0 Å². The normalized spacial score (nSPS) is 18.9. The van der Waals surface area contributed by atoms with Gasteiger partial charge in [-0.1, -0.05) is 168 Å². The van der Waals surface area contributed by atoms with Gasteiger partial charge in [-0.25, -0.2) is 0 Å². The Kier molecular flexibility index (Phi) is 24.4. The molecule has 0 bridgehead atoms. The highest BCUT2D eigenvalue weighted by atomic mass is 16.3. The van der Waals surface area contributed by atoms with Crippen molar-refractivity contribution in [3.8, 4) is 0 Å². The minimum Gasteiger partial charge on any atom is -0.391 e. The number of carbonyl (C=O) groups excluding carboxylic acids is 1.